The largest absolute Gasteiger partial charge is 0.479 e. The summed E-state index contributed by atoms with van der Waals surface area (Å²) in [6.07, 6.45) is 2.87. The number of carboxylic acid groups (broad SMARTS) is 1. The van der Waals surface area contributed by atoms with E-state index in [1.165, 1.54) is 29.2 Å². The Balaban J connectivity index is 2.18. The number of carbonyl (C=O) groups excluding carboxylic acids is 1. The fraction of sp³-hybridized carbons (Fsp3) is 0.182. The highest BCUT2D eigenvalue weighted by Gasteiger charge is 2.24. The predicted molar refractivity (Wildman–Crippen MR) is 68.1 cm³/mol. The average molecular weight is 296 g/mol. The van der Waals surface area contributed by atoms with Crippen molar-refractivity contribution < 1.29 is 14.7 Å². The topological polar surface area (TPSA) is 110 Å². The van der Waals surface area contributed by atoms with E-state index >= 15 is 0 Å². The molecule has 0 aliphatic heterocycles. The van der Waals surface area contributed by atoms with Gasteiger partial charge in [0.1, 0.15) is 0 Å². The number of rotatable bonds is 4. The molecule has 2 N–H and O–H groups in total. The number of halogens is 1. The van der Waals surface area contributed by atoms with E-state index in [2.05, 4.69) is 20.6 Å². The molecule has 0 aromatic carbocycles. The molecule has 2 heterocycles. The lowest BCUT2D eigenvalue weighted by Gasteiger charge is -2.12. The van der Waals surface area contributed by atoms with Crippen LogP contribution in [0.2, 0.25) is 5.15 Å². The summed E-state index contributed by atoms with van der Waals surface area (Å²) in [7, 11) is 1.65. The molecule has 0 saturated carbocycles. The SMILES string of the molecule is Cn1cc(C(NC(=O)c2ccc(Cl)nn2)C(=O)O)cn1. The van der Waals surface area contributed by atoms with Crippen molar-refractivity contribution in [1.82, 2.24) is 25.3 Å². The Labute approximate surface area is 118 Å². The number of hydrogen-bond acceptors (Lipinski definition) is 5. The average Bonchev–Trinajstić information content (AvgIpc) is 2.82. The smallest absolute Gasteiger partial charge is 0.331 e. The number of aliphatic carboxylic acids is 1. The first-order chi connectivity index (χ1) is 9.47. The van der Waals surface area contributed by atoms with Crippen molar-refractivity contribution in [1.29, 1.82) is 0 Å². The van der Waals surface area contributed by atoms with Crippen molar-refractivity contribution in [2.75, 3.05) is 0 Å². The quantitative estimate of drug-likeness (QED) is 0.846. The van der Waals surface area contributed by atoms with E-state index < -0.39 is 17.9 Å². The zero-order chi connectivity index (χ0) is 14.7. The number of amides is 1. The number of aromatic nitrogens is 4. The molecule has 0 fully saturated rings. The van der Waals surface area contributed by atoms with Gasteiger partial charge in [0, 0.05) is 18.8 Å². The van der Waals surface area contributed by atoms with E-state index in [0.29, 0.717) is 5.56 Å². The highest BCUT2D eigenvalue weighted by atomic mass is 35.5. The second kappa shape index (κ2) is 5.66. The number of nitrogens with one attached hydrogen (secondary N) is 1. The first-order valence-corrected chi connectivity index (χ1v) is 5.86. The van der Waals surface area contributed by atoms with Crippen molar-refractivity contribution >= 4 is 23.5 Å². The molecule has 0 aliphatic rings. The van der Waals surface area contributed by atoms with E-state index in [1.807, 2.05) is 0 Å². The molecule has 0 aliphatic carbocycles. The lowest BCUT2D eigenvalue weighted by Crippen LogP contribution is -2.34. The van der Waals surface area contributed by atoms with E-state index in [4.69, 9.17) is 16.7 Å². The Morgan fingerprint density at radius 2 is 2.15 bits per heavy atom. The Morgan fingerprint density at radius 1 is 1.40 bits per heavy atom. The van der Waals surface area contributed by atoms with Crippen LogP contribution in [0.5, 0.6) is 0 Å². The zero-order valence-electron chi connectivity index (χ0n) is 10.3. The molecule has 0 bridgehead atoms. The number of carbonyl (C=O) groups is 2. The van der Waals surface area contributed by atoms with Crippen LogP contribution in [0.3, 0.4) is 0 Å². The lowest BCUT2D eigenvalue weighted by atomic mass is 10.1. The first-order valence-electron chi connectivity index (χ1n) is 5.49. The molecule has 2 aromatic heterocycles. The van der Waals surface area contributed by atoms with Crippen molar-refractivity contribution in [3.05, 3.63) is 40.9 Å². The van der Waals surface area contributed by atoms with Gasteiger partial charge in [-0.1, -0.05) is 11.6 Å². The van der Waals surface area contributed by atoms with Crippen LogP contribution in [0.4, 0.5) is 0 Å². The van der Waals surface area contributed by atoms with Crippen LogP contribution in [0.25, 0.3) is 0 Å². The van der Waals surface area contributed by atoms with E-state index in [9.17, 15) is 9.59 Å². The third kappa shape index (κ3) is 3.09. The maximum Gasteiger partial charge on any atom is 0.331 e. The Hall–Kier alpha value is -2.48. The molecular weight excluding hydrogens is 286 g/mol. The molecule has 20 heavy (non-hydrogen) atoms. The van der Waals surface area contributed by atoms with Gasteiger partial charge in [-0.3, -0.25) is 9.48 Å². The summed E-state index contributed by atoms with van der Waals surface area (Å²) >= 11 is 5.56. The summed E-state index contributed by atoms with van der Waals surface area (Å²) in [6, 6.07) is 1.53. The lowest BCUT2D eigenvalue weighted by molar-refractivity contribution is -0.139. The van der Waals surface area contributed by atoms with Crippen LogP contribution in [0, 0.1) is 0 Å². The summed E-state index contributed by atoms with van der Waals surface area (Å²) in [5, 5.41) is 22.6. The standard InChI is InChI=1S/C11H10ClN5O3/c1-17-5-6(4-13-17)9(11(19)20)14-10(18)7-2-3-8(12)16-15-7/h2-5,9H,1H3,(H,14,18)(H,19,20). The van der Waals surface area contributed by atoms with Crippen LogP contribution in [0.15, 0.2) is 24.5 Å². The van der Waals surface area contributed by atoms with E-state index in [-0.39, 0.29) is 10.8 Å². The summed E-state index contributed by atoms with van der Waals surface area (Å²) < 4.78 is 1.44. The van der Waals surface area contributed by atoms with Crippen molar-refractivity contribution in [2.24, 2.45) is 7.05 Å². The minimum absolute atomic E-state index is 0.0236. The van der Waals surface area contributed by atoms with Gasteiger partial charge in [0.25, 0.3) is 5.91 Å². The van der Waals surface area contributed by atoms with Gasteiger partial charge < -0.3 is 10.4 Å². The molecule has 1 unspecified atom stereocenters. The maximum absolute atomic E-state index is 11.9. The molecule has 9 heteroatoms. The highest BCUT2D eigenvalue weighted by molar-refractivity contribution is 6.29. The summed E-state index contributed by atoms with van der Waals surface area (Å²) in [4.78, 5) is 23.1. The van der Waals surface area contributed by atoms with Gasteiger partial charge in [-0.15, -0.1) is 10.2 Å². The minimum Gasteiger partial charge on any atom is -0.479 e. The van der Waals surface area contributed by atoms with Gasteiger partial charge >= 0.3 is 5.97 Å². The summed E-state index contributed by atoms with van der Waals surface area (Å²) in [5.74, 6) is -1.86. The maximum atomic E-state index is 11.9. The first kappa shape index (κ1) is 13.9. The van der Waals surface area contributed by atoms with Gasteiger partial charge in [0.05, 0.1) is 6.20 Å². The van der Waals surface area contributed by atoms with Crippen molar-refractivity contribution in [3.8, 4) is 0 Å². The van der Waals surface area contributed by atoms with Gasteiger partial charge in [-0.25, -0.2) is 4.79 Å². The fourth-order valence-corrected chi connectivity index (χ4v) is 1.62. The van der Waals surface area contributed by atoms with Crippen LogP contribution in [0.1, 0.15) is 22.1 Å². The molecule has 104 valence electrons. The van der Waals surface area contributed by atoms with Crippen molar-refractivity contribution in [3.63, 3.8) is 0 Å². The van der Waals surface area contributed by atoms with Gasteiger partial charge in [-0.2, -0.15) is 5.10 Å². The van der Waals surface area contributed by atoms with Crippen LogP contribution < -0.4 is 5.32 Å². The second-order valence-corrected chi connectivity index (χ2v) is 4.32. The number of nitrogens with zero attached hydrogens (tertiary/aromatic N) is 4. The second-order valence-electron chi connectivity index (χ2n) is 3.93. The van der Waals surface area contributed by atoms with E-state index in [1.54, 1.807) is 7.05 Å². The summed E-state index contributed by atoms with van der Waals surface area (Å²) in [6.45, 7) is 0. The Bertz CT molecular complexity index is 640. The molecule has 0 radical (unpaired) electrons. The molecule has 1 atom stereocenters. The van der Waals surface area contributed by atoms with Gasteiger partial charge in [-0.05, 0) is 12.1 Å². The number of aryl methyl sites for hydroxylation is 1. The van der Waals surface area contributed by atoms with E-state index in [0.717, 1.165) is 0 Å². The molecule has 8 nitrogen and oxygen atoms in total. The molecule has 0 spiro atoms. The van der Waals surface area contributed by atoms with Gasteiger partial charge in [0.15, 0.2) is 16.9 Å². The molecular formula is C11H10ClN5O3. The summed E-state index contributed by atoms with van der Waals surface area (Å²) in [5.41, 5.74) is 0.333. The number of carboxylic acids is 1. The normalized spacial score (nSPS) is 11.9. The molecule has 1 amide bonds. The molecule has 2 rings (SSSR count). The fourth-order valence-electron chi connectivity index (χ4n) is 1.52. The van der Waals surface area contributed by atoms with Crippen LogP contribution >= 0.6 is 11.6 Å². The predicted octanol–water partition coefficient (Wildman–Crippen LogP) is 0.419. The monoisotopic (exact) mass is 295 g/mol. The number of hydrogen-bond donors (Lipinski definition) is 2. The third-order valence-electron chi connectivity index (χ3n) is 2.45. The Morgan fingerprint density at radius 3 is 2.65 bits per heavy atom. The van der Waals surface area contributed by atoms with Crippen LogP contribution in [-0.2, 0) is 11.8 Å². The zero-order valence-corrected chi connectivity index (χ0v) is 11.1. The van der Waals surface area contributed by atoms with Crippen LogP contribution in [-0.4, -0.2) is 37.0 Å². The third-order valence-corrected chi connectivity index (χ3v) is 2.65. The highest BCUT2D eigenvalue weighted by Crippen LogP contribution is 2.13. The molecule has 0 saturated heterocycles. The van der Waals surface area contributed by atoms with Gasteiger partial charge in [0.2, 0.25) is 0 Å². The Kier molecular flexibility index (Phi) is 3.94. The van der Waals surface area contributed by atoms with Crippen molar-refractivity contribution in [2.45, 2.75) is 6.04 Å². The molecule has 2 aromatic rings. The minimum atomic E-state index is -1.21.